The van der Waals surface area contributed by atoms with Crippen LogP contribution in [0.4, 0.5) is 0 Å². The molecule has 1 aromatic heterocycles. The number of nitrogens with zero attached hydrogens (tertiary/aromatic N) is 1. The van der Waals surface area contributed by atoms with Gasteiger partial charge in [0.15, 0.2) is 0 Å². The lowest BCUT2D eigenvalue weighted by molar-refractivity contribution is -0.114. The van der Waals surface area contributed by atoms with E-state index < -0.39 is 11.8 Å². The number of benzene rings is 1. The number of carbonyl (C=O) groups excluding carboxylic acids is 2. The van der Waals surface area contributed by atoms with E-state index in [-0.39, 0.29) is 5.57 Å². The highest BCUT2D eigenvalue weighted by Gasteiger charge is 2.08. The molecule has 0 bridgehead atoms. The van der Waals surface area contributed by atoms with Gasteiger partial charge in [-0.05, 0) is 24.3 Å². The van der Waals surface area contributed by atoms with Crippen molar-refractivity contribution in [3.63, 3.8) is 0 Å². The highest BCUT2D eigenvalue weighted by molar-refractivity contribution is 6.00. The molecular formula is C15H11N3O3. The van der Waals surface area contributed by atoms with Crippen LogP contribution in [0.2, 0.25) is 0 Å². The Morgan fingerprint density at radius 2 is 1.76 bits per heavy atom. The van der Waals surface area contributed by atoms with Crippen molar-refractivity contribution in [1.82, 2.24) is 0 Å². The van der Waals surface area contributed by atoms with Crippen LogP contribution < -0.4 is 11.5 Å². The smallest absolute Gasteiger partial charge is 0.259 e. The zero-order valence-electron chi connectivity index (χ0n) is 10.9. The largest absolute Gasteiger partial charge is 0.457 e. The highest BCUT2D eigenvalue weighted by Crippen LogP contribution is 2.23. The Kier molecular flexibility index (Phi) is 3.86. The number of amides is 2. The summed E-state index contributed by atoms with van der Waals surface area (Å²) in [4.78, 5) is 21.9. The van der Waals surface area contributed by atoms with Crippen molar-refractivity contribution in [2.24, 2.45) is 11.5 Å². The molecule has 2 aromatic rings. The summed E-state index contributed by atoms with van der Waals surface area (Å²) in [6.07, 6.45) is 1.27. The van der Waals surface area contributed by atoms with Crippen molar-refractivity contribution >= 4 is 17.9 Å². The second-order valence-corrected chi connectivity index (χ2v) is 4.18. The molecule has 6 heteroatoms. The first-order valence-corrected chi connectivity index (χ1v) is 5.93. The van der Waals surface area contributed by atoms with E-state index in [1.165, 1.54) is 6.08 Å². The van der Waals surface area contributed by atoms with Crippen LogP contribution in [0.5, 0.6) is 0 Å². The third kappa shape index (κ3) is 3.16. The first-order chi connectivity index (χ1) is 10.0. The lowest BCUT2D eigenvalue weighted by atomic mass is 10.1. The average molecular weight is 281 g/mol. The van der Waals surface area contributed by atoms with E-state index in [4.69, 9.17) is 21.1 Å². The SMILES string of the molecule is N#C/C(=C\c1ccc(-c2ccc(C(N)=O)cc2)o1)C(N)=O. The van der Waals surface area contributed by atoms with Crippen LogP contribution in [0.15, 0.2) is 46.4 Å². The van der Waals surface area contributed by atoms with Gasteiger partial charge in [0, 0.05) is 17.2 Å². The molecule has 4 N–H and O–H groups in total. The second kappa shape index (κ2) is 5.75. The molecule has 0 aliphatic heterocycles. The van der Waals surface area contributed by atoms with Crippen molar-refractivity contribution in [1.29, 1.82) is 5.26 Å². The molecule has 1 aromatic carbocycles. The number of primary amides is 2. The minimum Gasteiger partial charge on any atom is -0.457 e. The zero-order valence-corrected chi connectivity index (χ0v) is 10.9. The fourth-order valence-corrected chi connectivity index (χ4v) is 1.69. The van der Waals surface area contributed by atoms with E-state index in [2.05, 4.69) is 0 Å². The van der Waals surface area contributed by atoms with Crippen molar-refractivity contribution in [3.05, 3.63) is 53.3 Å². The molecule has 0 spiro atoms. The molecule has 0 aliphatic rings. The van der Waals surface area contributed by atoms with Gasteiger partial charge in [-0.25, -0.2) is 0 Å². The van der Waals surface area contributed by atoms with Gasteiger partial charge in [-0.15, -0.1) is 0 Å². The molecule has 0 saturated carbocycles. The molecular weight excluding hydrogens is 270 g/mol. The number of carbonyl (C=O) groups is 2. The molecule has 6 nitrogen and oxygen atoms in total. The molecule has 104 valence electrons. The fourth-order valence-electron chi connectivity index (χ4n) is 1.69. The Morgan fingerprint density at radius 3 is 2.29 bits per heavy atom. The Labute approximate surface area is 120 Å². The van der Waals surface area contributed by atoms with E-state index in [0.717, 1.165) is 5.56 Å². The van der Waals surface area contributed by atoms with Gasteiger partial charge in [-0.3, -0.25) is 9.59 Å². The number of nitrogens with two attached hydrogens (primary N) is 2. The summed E-state index contributed by atoms with van der Waals surface area (Å²) >= 11 is 0. The molecule has 0 atom stereocenters. The summed E-state index contributed by atoms with van der Waals surface area (Å²) < 4.78 is 5.50. The molecule has 21 heavy (non-hydrogen) atoms. The Bertz CT molecular complexity index is 764. The van der Waals surface area contributed by atoms with Gasteiger partial charge >= 0.3 is 0 Å². The maximum absolute atomic E-state index is 11.0. The predicted molar refractivity (Wildman–Crippen MR) is 75.4 cm³/mol. The van der Waals surface area contributed by atoms with Gasteiger partial charge in [-0.1, -0.05) is 12.1 Å². The molecule has 0 aliphatic carbocycles. The van der Waals surface area contributed by atoms with Crippen LogP contribution >= 0.6 is 0 Å². The quantitative estimate of drug-likeness (QED) is 0.650. The maximum atomic E-state index is 11.0. The molecule has 1 heterocycles. The summed E-state index contributed by atoms with van der Waals surface area (Å²) in [5.41, 5.74) is 11.1. The fraction of sp³-hybridized carbons (Fsp3) is 0. The van der Waals surface area contributed by atoms with E-state index in [9.17, 15) is 9.59 Å². The molecule has 0 saturated heterocycles. The van der Waals surface area contributed by atoms with Crippen molar-refractivity contribution in [2.45, 2.75) is 0 Å². The van der Waals surface area contributed by atoms with Crippen LogP contribution in [-0.4, -0.2) is 11.8 Å². The first-order valence-electron chi connectivity index (χ1n) is 5.93. The van der Waals surface area contributed by atoms with E-state index in [1.807, 2.05) is 0 Å². The standard InChI is InChI=1S/C15H11N3O3/c16-8-11(15(18)20)7-12-5-6-13(21-12)9-1-3-10(4-2-9)14(17)19/h1-7H,(H2,17,19)(H2,18,20)/b11-7+. The summed E-state index contributed by atoms with van der Waals surface area (Å²) in [5.74, 6) is -0.468. The van der Waals surface area contributed by atoms with Crippen LogP contribution in [0.1, 0.15) is 16.1 Å². The number of furan rings is 1. The summed E-state index contributed by atoms with van der Waals surface area (Å²) in [7, 11) is 0. The zero-order chi connectivity index (χ0) is 15.4. The van der Waals surface area contributed by atoms with Gasteiger partial charge in [0.25, 0.3) is 5.91 Å². The summed E-state index contributed by atoms with van der Waals surface area (Å²) in [6.45, 7) is 0. The molecule has 0 fully saturated rings. The molecule has 2 amide bonds. The number of rotatable bonds is 4. The van der Waals surface area contributed by atoms with Gasteiger partial charge < -0.3 is 15.9 Å². The Morgan fingerprint density at radius 1 is 1.10 bits per heavy atom. The van der Waals surface area contributed by atoms with Crippen LogP contribution in [0.25, 0.3) is 17.4 Å². The van der Waals surface area contributed by atoms with Crippen LogP contribution in [0.3, 0.4) is 0 Å². The van der Waals surface area contributed by atoms with Gasteiger partial charge in [0.05, 0.1) is 0 Å². The van der Waals surface area contributed by atoms with Gasteiger partial charge in [-0.2, -0.15) is 5.26 Å². The third-order valence-electron chi connectivity index (χ3n) is 2.75. The normalized spacial score (nSPS) is 10.9. The van der Waals surface area contributed by atoms with Gasteiger partial charge in [0.1, 0.15) is 23.2 Å². The molecule has 0 radical (unpaired) electrons. The predicted octanol–water partition coefficient (Wildman–Crippen LogP) is 1.44. The third-order valence-corrected chi connectivity index (χ3v) is 2.75. The second-order valence-electron chi connectivity index (χ2n) is 4.18. The van der Waals surface area contributed by atoms with Crippen molar-refractivity contribution in [2.75, 3.05) is 0 Å². The first kappa shape index (κ1) is 14.1. The monoisotopic (exact) mass is 281 g/mol. The Hall–Kier alpha value is -3.33. The topological polar surface area (TPSA) is 123 Å². The van der Waals surface area contributed by atoms with E-state index in [0.29, 0.717) is 17.1 Å². The van der Waals surface area contributed by atoms with Gasteiger partial charge in [0.2, 0.25) is 5.91 Å². The highest BCUT2D eigenvalue weighted by atomic mass is 16.3. The van der Waals surface area contributed by atoms with E-state index >= 15 is 0 Å². The number of nitriles is 1. The minimum absolute atomic E-state index is 0.194. The molecule has 2 rings (SSSR count). The van der Waals surface area contributed by atoms with Crippen molar-refractivity contribution < 1.29 is 14.0 Å². The average Bonchev–Trinajstić information content (AvgIpc) is 2.93. The van der Waals surface area contributed by atoms with Crippen molar-refractivity contribution in [3.8, 4) is 17.4 Å². The minimum atomic E-state index is -0.818. The lowest BCUT2D eigenvalue weighted by Crippen LogP contribution is -2.12. The number of hydrogen-bond acceptors (Lipinski definition) is 4. The van der Waals surface area contributed by atoms with Crippen LogP contribution in [-0.2, 0) is 4.79 Å². The van der Waals surface area contributed by atoms with Crippen LogP contribution in [0, 0.1) is 11.3 Å². The summed E-state index contributed by atoms with van der Waals surface area (Å²) in [6, 6.07) is 11.5. The Balaban J connectivity index is 2.30. The summed E-state index contributed by atoms with van der Waals surface area (Å²) in [5, 5.41) is 8.76. The van der Waals surface area contributed by atoms with E-state index in [1.54, 1.807) is 42.5 Å². The lowest BCUT2D eigenvalue weighted by Gasteiger charge is -1.98. The number of hydrogen-bond donors (Lipinski definition) is 2. The molecule has 0 unspecified atom stereocenters. The maximum Gasteiger partial charge on any atom is 0.259 e.